The molecule has 1 aromatic carbocycles. The number of benzene rings is 1. The van der Waals surface area contributed by atoms with E-state index in [0.29, 0.717) is 11.4 Å². The number of nitrogens with two attached hydrogens (primary N) is 1. The summed E-state index contributed by atoms with van der Waals surface area (Å²) in [4.78, 5) is 17.5. The van der Waals surface area contributed by atoms with E-state index in [2.05, 4.69) is 20.9 Å². The van der Waals surface area contributed by atoms with Gasteiger partial charge in [-0.1, -0.05) is 22.0 Å². The van der Waals surface area contributed by atoms with E-state index in [0.717, 1.165) is 20.7 Å². The number of nitrogen functional groups attached to an aromatic ring is 1. The topological polar surface area (TPSA) is 60.4 Å². The average Bonchev–Trinajstić information content (AvgIpc) is 2.48. The minimum Gasteiger partial charge on any atom is -0.398 e. The molecule has 0 atom stereocenters. The van der Waals surface area contributed by atoms with Crippen molar-refractivity contribution in [3.8, 4) is 0 Å². The quantitative estimate of drug-likeness (QED) is 0.574. The number of hydrogen-bond donors (Lipinski definition) is 1. The molecule has 0 spiro atoms. The van der Waals surface area contributed by atoms with Gasteiger partial charge in [0.05, 0.1) is 5.69 Å². The molecule has 0 amide bonds. The van der Waals surface area contributed by atoms with Crippen LogP contribution in [-0.4, -0.2) is 9.38 Å². The van der Waals surface area contributed by atoms with Gasteiger partial charge in [0.25, 0.3) is 5.56 Å². The molecule has 0 bridgehead atoms. The molecule has 6 heteroatoms. The average molecular weight is 362 g/mol. The molecule has 0 saturated carbocycles. The molecule has 0 saturated heterocycles. The third kappa shape index (κ3) is 3.11. The van der Waals surface area contributed by atoms with Crippen molar-refractivity contribution in [2.75, 3.05) is 5.73 Å². The summed E-state index contributed by atoms with van der Waals surface area (Å²) in [6, 6.07) is 12.8. The third-order valence-corrected chi connectivity index (χ3v) is 4.57. The van der Waals surface area contributed by atoms with Crippen LogP contribution in [-0.2, 0) is 5.75 Å². The Labute approximate surface area is 134 Å². The first-order chi connectivity index (χ1) is 10.1. The molecular formula is C15H12BrN3OS. The van der Waals surface area contributed by atoms with E-state index in [1.54, 1.807) is 24.0 Å². The van der Waals surface area contributed by atoms with Crippen molar-refractivity contribution < 1.29 is 0 Å². The van der Waals surface area contributed by atoms with Gasteiger partial charge in [-0.25, -0.2) is 4.98 Å². The van der Waals surface area contributed by atoms with Crippen molar-refractivity contribution in [2.45, 2.75) is 10.6 Å². The highest BCUT2D eigenvalue weighted by Crippen LogP contribution is 2.30. The number of anilines is 1. The Morgan fingerprint density at radius 3 is 2.95 bits per heavy atom. The molecule has 106 valence electrons. The van der Waals surface area contributed by atoms with Gasteiger partial charge in [0.15, 0.2) is 0 Å². The summed E-state index contributed by atoms with van der Waals surface area (Å²) in [7, 11) is 0. The lowest BCUT2D eigenvalue weighted by molar-refractivity contribution is 1.01. The van der Waals surface area contributed by atoms with E-state index in [1.807, 2.05) is 36.4 Å². The van der Waals surface area contributed by atoms with Crippen LogP contribution in [0.4, 0.5) is 5.69 Å². The summed E-state index contributed by atoms with van der Waals surface area (Å²) in [5.41, 5.74) is 8.00. The summed E-state index contributed by atoms with van der Waals surface area (Å²) in [5, 5.41) is 0. The van der Waals surface area contributed by atoms with Crippen LogP contribution >= 0.6 is 27.7 Å². The highest BCUT2D eigenvalue weighted by molar-refractivity contribution is 9.10. The predicted molar refractivity (Wildman–Crippen MR) is 89.6 cm³/mol. The molecule has 21 heavy (non-hydrogen) atoms. The summed E-state index contributed by atoms with van der Waals surface area (Å²) >= 11 is 4.99. The largest absolute Gasteiger partial charge is 0.398 e. The maximum Gasteiger partial charge on any atom is 0.258 e. The fourth-order valence-corrected chi connectivity index (χ4v) is 3.37. The smallest absolute Gasteiger partial charge is 0.258 e. The number of rotatable bonds is 3. The van der Waals surface area contributed by atoms with Gasteiger partial charge in [-0.2, -0.15) is 0 Å². The normalized spacial score (nSPS) is 10.9. The number of hydrogen-bond acceptors (Lipinski definition) is 4. The van der Waals surface area contributed by atoms with Gasteiger partial charge in [0.2, 0.25) is 0 Å². The van der Waals surface area contributed by atoms with Crippen LogP contribution in [0.2, 0.25) is 0 Å². The van der Waals surface area contributed by atoms with Crippen molar-refractivity contribution in [2.24, 2.45) is 0 Å². The zero-order chi connectivity index (χ0) is 14.8. The van der Waals surface area contributed by atoms with Gasteiger partial charge in [-0.05, 0) is 30.3 Å². The van der Waals surface area contributed by atoms with Gasteiger partial charge in [-0.3, -0.25) is 9.20 Å². The third-order valence-electron chi connectivity index (χ3n) is 2.98. The van der Waals surface area contributed by atoms with Crippen LogP contribution in [0.5, 0.6) is 0 Å². The number of nitrogens with zero attached hydrogens (tertiary/aromatic N) is 2. The maximum atomic E-state index is 12.0. The number of fused-ring (bicyclic) bond motifs is 1. The summed E-state index contributed by atoms with van der Waals surface area (Å²) in [6.45, 7) is 0. The van der Waals surface area contributed by atoms with E-state index in [1.165, 1.54) is 4.40 Å². The van der Waals surface area contributed by atoms with Crippen LogP contribution in [0.15, 0.2) is 62.8 Å². The molecule has 3 aromatic rings. The second-order valence-corrected chi connectivity index (χ2v) is 6.42. The van der Waals surface area contributed by atoms with Gasteiger partial charge in [0, 0.05) is 33.1 Å². The lowest BCUT2D eigenvalue weighted by atomic mass is 10.3. The Balaban J connectivity index is 1.88. The molecule has 0 unspecified atom stereocenters. The minimum absolute atomic E-state index is 0.0709. The highest BCUT2D eigenvalue weighted by atomic mass is 79.9. The Hall–Kier alpha value is -1.79. The molecule has 0 radical (unpaired) electrons. The van der Waals surface area contributed by atoms with Crippen molar-refractivity contribution in [3.05, 3.63) is 69.2 Å². The first kappa shape index (κ1) is 14.2. The highest BCUT2D eigenvalue weighted by Gasteiger charge is 2.05. The number of halogens is 1. The molecule has 2 aromatic heterocycles. The van der Waals surface area contributed by atoms with Crippen LogP contribution in [0, 0.1) is 0 Å². The zero-order valence-electron chi connectivity index (χ0n) is 11.0. The van der Waals surface area contributed by atoms with Gasteiger partial charge < -0.3 is 5.73 Å². The maximum absolute atomic E-state index is 12.0. The second-order valence-electron chi connectivity index (χ2n) is 4.49. The van der Waals surface area contributed by atoms with Crippen molar-refractivity contribution in [1.82, 2.24) is 9.38 Å². The minimum atomic E-state index is -0.0709. The van der Waals surface area contributed by atoms with E-state index in [-0.39, 0.29) is 5.56 Å². The SMILES string of the molecule is Nc1ccc(Br)cc1SCc1cc(=O)n2ccccc2n1. The number of aromatic nitrogens is 2. The monoisotopic (exact) mass is 361 g/mol. The first-order valence-electron chi connectivity index (χ1n) is 6.28. The standard InChI is InChI=1S/C15H12BrN3OS/c16-10-4-5-12(17)13(7-10)21-9-11-8-15(20)19-6-2-1-3-14(19)18-11/h1-8H,9,17H2. The fourth-order valence-electron chi connectivity index (χ4n) is 1.96. The van der Waals surface area contributed by atoms with Crippen molar-refractivity contribution >= 4 is 39.0 Å². The zero-order valence-corrected chi connectivity index (χ0v) is 13.4. The van der Waals surface area contributed by atoms with Crippen LogP contribution in [0.3, 0.4) is 0 Å². The van der Waals surface area contributed by atoms with E-state index >= 15 is 0 Å². The van der Waals surface area contributed by atoms with Crippen molar-refractivity contribution in [1.29, 1.82) is 0 Å². The Morgan fingerprint density at radius 2 is 2.10 bits per heavy atom. The van der Waals surface area contributed by atoms with Crippen LogP contribution in [0.1, 0.15) is 5.69 Å². The van der Waals surface area contributed by atoms with Gasteiger partial charge in [-0.15, -0.1) is 11.8 Å². The molecule has 0 aliphatic rings. The summed E-state index contributed by atoms with van der Waals surface area (Å²) < 4.78 is 2.51. The number of thioether (sulfide) groups is 1. The summed E-state index contributed by atoms with van der Waals surface area (Å²) in [6.07, 6.45) is 1.72. The molecule has 0 aliphatic carbocycles. The van der Waals surface area contributed by atoms with Gasteiger partial charge >= 0.3 is 0 Å². The lowest BCUT2D eigenvalue weighted by Crippen LogP contribution is -2.14. The Morgan fingerprint density at radius 1 is 1.24 bits per heavy atom. The van der Waals surface area contributed by atoms with Crippen molar-refractivity contribution in [3.63, 3.8) is 0 Å². The summed E-state index contributed by atoms with van der Waals surface area (Å²) in [5.74, 6) is 0.598. The second kappa shape index (κ2) is 5.91. The van der Waals surface area contributed by atoms with Crippen LogP contribution in [0.25, 0.3) is 5.65 Å². The van der Waals surface area contributed by atoms with E-state index < -0.39 is 0 Å². The van der Waals surface area contributed by atoms with Gasteiger partial charge in [0.1, 0.15) is 5.65 Å². The Bertz CT molecular complexity index is 863. The Kier molecular flexibility index (Phi) is 3.98. The fraction of sp³-hybridized carbons (Fsp3) is 0.0667. The number of pyridine rings is 1. The lowest BCUT2D eigenvalue weighted by Gasteiger charge is -2.06. The molecule has 0 aliphatic heterocycles. The molecular weight excluding hydrogens is 350 g/mol. The molecule has 0 fully saturated rings. The molecule has 3 rings (SSSR count). The van der Waals surface area contributed by atoms with Crippen LogP contribution < -0.4 is 11.3 Å². The van der Waals surface area contributed by atoms with E-state index in [4.69, 9.17) is 5.73 Å². The van der Waals surface area contributed by atoms with E-state index in [9.17, 15) is 4.79 Å². The molecule has 4 nitrogen and oxygen atoms in total. The molecule has 2 heterocycles. The molecule has 2 N–H and O–H groups in total. The predicted octanol–water partition coefficient (Wildman–Crippen LogP) is 3.33. The first-order valence-corrected chi connectivity index (χ1v) is 8.06.